The van der Waals surface area contributed by atoms with E-state index in [4.69, 9.17) is 0 Å². The molecule has 0 aromatic carbocycles. The zero-order valence-electron chi connectivity index (χ0n) is 12.0. The molecule has 0 aliphatic carbocycles. The van der Waals surface area contributed by atoms with E-state index in [1.165, 1.54) is 5.56 Å². The van der Waals surface area contributed by atoms with Crippen LogP contribution in [0.4, 0.5) is 11.6 Å². The minimum absolute atomic E-state index is 0.780. The van der Waals surface area contributed by atoms with Gasteiger partial charge in [-0.2, -0.15) is 0 Å². The van der Waals surface area contributed by atoms with Crippen LogP contribution in [0.15, 0.2) is 35.7 Å². The summed E-state index contributed by atoms with van der Waals surface area (Å²) in [7, 11) is 3.92. The second-order valence-corrected chi connectivity index (χ2v) is 5.15. The molecule has 0 unspecified atom stereocenters. The van der Waals surface area contributed by atoms with Gasteiger partial charge in [-0.15, -0.1) is 0 Å². The summed E-state index contributed by atoms with van der Waals surface area (Å²) in [4.78, 5) is 15.1. The largest absolute Gasteiger partial charge is 0.373 e. The Morgan fingerprint density at radius 1 is 1.25 bits per heavy atom. The molecule has 2 aromatic rings. The molecule has 2 heterocycles. The van der Waals surface area contributed by atoms with Gasteiger partial charge in [0, 0.05) is 39.1 Å². The van der Waals surface area contributed by atoms with Crippen LogP contribution < -0.4 is 10.2 Å². The van der Waals surface area contributed by atoms with Gasteiger partial charge < -0.3 is 10.2 Å². The second-order valence-electron chi connectivity index (χ2n) is 4.38. The molecule has 0 amide bonds. The summed E-state index contributed by atoms with van der Waals surface area (Å²) in [5.74, 6) is 1.78. The molecule has 0 saturated heterocycles. The summed E-state index contributed by atoms with van der Waals surface area (Å²) in [6, 6.07) is 6.05. The zero-order chi connectivity index (χ0) is 14.4. The molecule has 0 radical (unpaired) electrons. The van der Waals surface area contributed by atoms with Crippen LogP contribution in [-0.4, -0.2) is 41.8 Å². The number of pyridine rings is 1. The van der Waals surface area contributed by atoms with E-state index in [1.807, 2.05) is 50.9 Å². The number of likely N-dealkylation sites (N-methyl/N-ethyl adjacent to an activating group) is 1. The molecular formula is C14H19N5S. The second kappa shape index (κ2) is 7.09. The first kappa shape index (κ1) is 14.6. The van der Waals surface area contributed by atoms with Crippen molar-refractivity contribution in [3.05, 3.63) is 36.2 Å². The number of anilines is 2. The fourth-order valence-electron chi connectivity index (χ4n) is 1.79. The lowest BCUT2D eigenvalue weighted by molar-refractivity contribution is 0.834. The van der Waals surface area contributed by atoms with Crippen molar-refractivity contribution in [2.45, 2.75) is 11.6 Å². The molecule has 0 bridgehead atoms. The van der Waals surface area contributed by atoms with Gasteiger partial charge in [0.15, 0.2) is 5.16 Å². The highest BCUT2D eigenvalue weighted by atomic mass is 32.2. The van der Waals surface area contributed by atoms with Crippen LogP contribution in [0.3, 0.4) is 0 Å². The van der Waals surface area contributed by atoms with E-state index in [0.717, 1.165) is 29.8 Å². The quantitative estimate of drug-likeness (QED) is 0.650. The first-order valence-corrected chi connectivity index (χ1v) is 7.66. The minimum atomic E-state index is 0.780. The molecule has 0 saturated carbocycles. The van der Waals surface area contributed by atoms with Gasteiger partial charge in [-0.3, -0.25) is 4.98 Å². The lowest BCUT2D eigenvalue weighted by Crippen LogP contribution is -2.22. The molecule has 0 atom stereocenters. The predicted molar refractivity (Wildman–Crippen MR) is 84.6 cm³/mol. The Morgan fingerprint density at radius 3 is 2.65 bits per heavy atom. The molecule has 0 fully saturated rings. The molecule has 1 N–H and O–H groups in total. The number of aromatic nitrogens is 3. The average Bonchev–Trinajstić information content (AvgIpc) is 2.52. The van der Waals surface area contributed by atoms with Crippen molar-refractivity contribution in [2.24, 2.45) is 0 Å². The molecule has 106 valence electrons. The Balaban J connectivity index is 2.06. The van der Waals surface area contributed by atoms with E-state index in [-0.39, 0.29) is 0 Å². The number of rotatable bonds is 6. The van der Waals surface area contributed by atoms with Gasteiger partial charge in [0.2, 0.25) is 0 Å². The molecule has 0 aliphatic heterocycles. The Kier molecular flexibility index (Phi) is 5.17. The topological polar surface area (TPSA) is 53.9 Å². The van der Waals surface area contributed by atoms with Gasteiger partial charge in [-0.05, 0) is 30.4 Å². The van der Waals surface area contributed by atoms with Crippen LogP contribution in [-0.2, 0) is 6.42 Å². The highest BCUT2D eigenvalue weighted by molar-refractivity contribution is 7.98. The molecule has 20 heavy (non-hydrogen) atoms. The molecule has 5 nitrogen and oxygen atoms in total. The third-order valence-electron chi connectivity index (χ3n) is 3.01. The van der Waals surface area contributed by atoms with Gasteiger partial charge in [0.25, 0.3) is 0 Å². The number of nitrogens with zero attached hydrogens (tertiary/aromatic N) is 4. The first-order chi connectivity index (χ1) is 9.72. The van der Waals surface area contributed by atoms with Crippen LogP contribution in [0.25, 0.3) is 0 Å². The van der Waals surface area contributed by atoms with Crippen molar-refractivity contribution in [1.82, 2.24) is 15.0 Å². The van der Waals surface area contributed by atoms with Gasteiger partial charge in [-0.25, -0.2) is 9.97 Å². The van der Waals surface area contributed by atoms with Crippen molar-refractivity contribution in [3.8, 4) is 0 Å². The average molecular weight is 289 g/mol. The minimum Gasteiger partial charge on any atom is -0.373 e. The van der Waals surface area contributed by atoms with Crippen molar-refractivity contribution >= 4 is 23.4 Å². The van der Waals surface area contributed by atoms with E-state index >= 15 is 0 Å². The van der Waals surface area contributed by atoms with Crippen molar-refractivity contribution in [2.75, 3.05) is 37.1 Å². The van der Waals surface area contributed by atoms with E-state index in [9.17, 15) is 0 Å². The first-order valence-electron chi connectivity index (χ1n) is 6.44. The van der Waals surface area contributed by atoms with Crippen molar-refractivity contribution < 1.29 is 0 Å². The summed E-state index contributed by atoms with van der Waals surface area (Å²) in [5.41, 5.74) is 1.28. The number of nitrogens with one attached hydrogen (secondary N) is 1. The summed E-state index contributed by atoms with van der Waals surface area (Å²) in [5, 5.41) is 3.85. The fraction of sp³-hybridized carbons (Fsp3) is 0.357. The van der Waals surface area contributed by atoms with Gasteiger partial charge in [-0.1, -0.05) is 11.8 Å². The monoisotopic (exact) mass is 289 g/mol. The number of hydrogen-bond acceptors (Lipinski definition) is 6. The fourth-order valence-corrected chi connectivity index (χ4v) is 2.16. The maximum Gasteiger partial charge on any atom is 0.191 e. The van der Waals surface area contributed by atoms with E-state index in [2.05, 4.69) is 25.2 Å². The lowest BCUT2D eigenvalue weighted by atomic mass is 10.2. The molecule has 2 aromatic heterocycles. The Labute approximate surface area is 123 Å². The summed E-state index contributed by atoms with van der Waals surface area (Å²) < 4.78 is 0. The van der Waals surface area contributed by atoms with Crippen LogP contribution in [0.1, 0.15) is 5.56 Å². The van der Waals surface area contributed by atoms with Crippen LogP contribution >= 0.6 is 11.8 Å². The van der Waals surface area contributed by atoms with Crippen LogP contribution in [0, 0.1) is 0 Å². The van der Waals surface area contributed by atoms with Gasteiger partial charge >= 0.3 is 0 Å². The zero-order valence-corrected chi connectivity index (χ0v) is 12.8. The standard InChI is InChI=1S/C14H19N5S/c1-15-12-10-13(18-14(17-12)20-3)19(2)9-6-11-4-7-16-8-5-11/h4-5,7-8,10H,6,9H2,1-3H3,(H,15,17,18). The summed E-state index contributed by atoms with van der Waals surface area (Å²) in [6.45, 7) is 0.901. The van der Waals surface area contributed by atoms with Crippen LogP contribution in [0.2, 0.25) is 0 Å². The normalized spacial score (nSPS) is 10.3. The highest BCUT2D eigenvalue weighted by Gasteiger charge is 2.07. The van der Waals surface area contributed by atoms with Gasteiger partial charge in [0.1, 0.15) is 11.6 Å². The molecular weight excluding hydrogens is 270 g/mol. The molecule has 0 aliphatic rings. The number of thioether (sulfide) groups is 1. The predicted octanol–water partition coefficient (Wildman–Crippen LogP) is 2.31. The Bertz CT molecular complexity index is 524. The summed E-state index contributed by atoms with van der Waals surface area (Å²) >= 11 is 1.55. The SMILES string of the molecule is CNc1cc(N(C)CCc2ccncc2)nc(SC)n1. The maximum absolute atomic E-state index is 4.54. The third kappa shape index (κ3) is 3.84. The van der Waals surface area contributed by atoms with Gasteiger partial charge in [0.05, 0.1) is 0 Å². The molecule has 2 rings (SSSR count). The van der Waals surface area contributed by atoms with Crippen molar-refractivity contribution in [1.29, 1.82) is 0 Å². The summed E-state index contributed by atoms with van der Waals surface area (Å²) in [6.07, 6.45) is 6.60. The molecule has 6 heteroatoms. The maximum atomic E-state index is 4.54. The smallest absolute Gasteiger partial charge is 0.191 e. The van der Waals surface area contributed by atoms with E-state index in [1.54, 1.807) is 11.8 Å². The highest BCUT2D eigenvalue weighted by Crippen LogP contribution is 2.19. The lowest BCUT2D eigenvalue weighted by Gasteiger charge is -2.19. The van der Waals surface area contributed by atoms with E-state index < -0.39 is 0 Å². The van der Waals surface area contributed by atoms with Crippen molar-refractivity contribution in [3.63, 3.8) is 0 Å². The Morgan fingerprint density at radius 2 is 2.00 bits per heavy atom. The van der Waals surface area contributed by atoms with Crippen LogP contribution in [0.5, 0.6) is 0 Å². The Hall–Kier alpha value is -1.82. The third-order valence-corrected chi connectivity index (χ3v) is 3.55. The van der Waals surface area contributed by atoms with E-state index in [0.29, 0.717) is 0 Å². The molecule has 0 spiro atoms. The number of hydrogen-bond donors (Lipinski definition) is 1.